The number of amides is 1. The number of halogens is 1. The Balaban J connectivity index is 0.000000460. The van der Waals surface area contributed by atoms with E-state index in [4.69, 9.17) is 26.4 Å². The van der Waals surface area contributed by atoms with Gasteiger partial charge in [-0.1, -0.05) is 29.8 Å². The van der Waals surface area contributed by atoms with E-state index in [9.17, 15) is 21.6 Å². The minimum Gasteiger partial charge on any atom is -0.329 e. The number of hydrogen-bond acceptors (Lipinski definition) is 7. The highest BCUT2D eigenvalue weighted by Crippen LogP contribution is 2.22. The third-order valence-corrected chi connectivity index (χ3v) is 3.98. The first kappa shape index (κ1) is 28.4. The summed E-state index contributed by atoms with van der Waals surface area (Å²) in [6, 6.07) is 14.8. The number of aromatic nitrogens is 1. The van der Waals surface area contributed by atoms with Gasteiger partial charge in [0.15, 0.2) is 0 Å². The van der Waals surface area contributed by atoms with Gasteiger partial charge < -0.3 is 11.1 Å². The summed E-state index contributed by atoms with van der Waals surface area (Å²) in [7, 11) is -7.33. The molecule has 0 aliphatic carbocycles. The maximum Gasteiger partial charge on any atom is 0.261 e. The Bertz CT molecular complexity index is 1240. The van der Waals surface area contributed by atoms with Crippen molar-refractivity contribution in [3.05, 3.63) is 71.5 Å². The van der Waals surface area contributed by atoms with Crippen LogP contribution in [0.5, 0.6) is 0 Å². The van der Waals surface area contributed by atoms with Crippen molar-refractivity contribution in [3.8, 4) is 0 Å². The third kappa shape index (κ3) is 12.9. The Hall–Kier alpha value is -2.61. The van der Waals surface area contributed by atoms with Gasteiger partial charge in [0.05, 0.1) is 18.4 Å². The molecule has 1 atom stereocenters. The molecule has 0 saturated heterocycles. The molecule has 0 spiro atoms. The predicted octanol–water partition coefficient (Wildman–Crippen LogP) is 2.58. The standard InChI is InChI=1S/C18H16ClN3O.2CH4O3S/c19-15-4-1-12(2-5-15)17(10-20)18(23)22-16-6-3-14-11-21-8-7-13(14)9-16;2*1-5(2,3)4/h1-9,11,17H,10,20H2,(H,22,23);2*1H3,(H,2,3,4)/t17-;;/m1../s1. The molecule has 1 amide bonds. The van der Waals surface area contributed by atoms with E-state index in [0.29, 0.717) is 17.5 Å². The lowest BCUT2D eigenvalue weighted by Gasteiger charge is -2.15. The molecule has 0 radical (unpaired) electrons. The first-order valence-corrected chi connectivity index (χ1v) is 13.2. The number of nitrogens with two attached hydrogens (primary N) is 1. The molecule has 0 saturated carbocycles. The summed E-state index contributed by atoms with van der Waals surface area (Å²) in [5.41, 5.74) is 7.37. The van der Waals surface area contributed by atoms with Crippen LogP contribution in [0.4, 0.5) is 5.69 Å². The van der Waals surface area contributed by atoms with Gasteiger partial charge in [-0.05, 0) is 41.3 Å². The molecule has 0 bridgehead atoms. The van der Waals surface area contributed by atoms with Gasteiger partial charge in [0.1, 0.15) is 0 Å². The zero-order chi connectivity index (χ0) is 25.2. The molecule has 10 nitrogen and oxygen atoms in total. The molecular weight excluding hydrogens is 494 g/mol. The van der Waals surface area contributed by atoms with Gasteiger partial charge in [-0.3, -0.25) is 18.9 Å². The average molecular weight is 518 g/mol. The van der Waals surface area contributed by atoms with Gasteiger partial charge >= 0.3 is 0 Å². The van der Waals surface area contributed by atoms with E-state index in [-0.39, 0.29) is 12.5 Å². The molecule has 3 aromatic rings. The second kappa shape index (κ2) is 12.6. The number of fused-ring (bicyclic) bond motifs is 1. The van der Waals surface area contributed by atoms with Crippen molar-refractivity contribution >= 4 is 54.2 Å². The summed E-state index contributed by atoms with van der Waals surface area (Å²) in [5.74, 6) is -0.552. The van der Waals surface area contributed by atoms with Crippen molar-refractivity contribution < 1.29 is 30.7 Å². The van der Waals surface area contributed by atoms with E-state index in [0.717, 1.165) is 22.0 Å². The van der Waals surface area contributed by atoms with E-state index in [1.54, 1.807) is 24.5 Å². The van der Waals surface area contributed by atoms with Crippen LogP contribution in [-0.4, -0.2) is 55.9 Å². The minimum atomic E-state index is -3.67. The van der Waals surface area contributed by atoms with Gasteiger partial charge in [0.25, 0.3) is 20.2 Å². The first-order valence-electron chi connectivity index (χ1n) is 9.12. The normalized spacial score (nSPS) is 11.9. The summed E-state index contributed by atoms with van der Waals surface area (Å²) >= 11 is 5.89. The second-order valence-corrected chi connectivity index (χ2v) is 10.1. The minimum absolute atomic E-state index is 0.136. The number of nitrogens with zero attached hydrogens (tertiary/aromatic N) is 1. The summed E-state index contributed by atoms with van der Waals surface area (Å²) in [6.07, 6.45) is 4.95. The van der Waals surface area contributed by atoms with Gasteiger partial charge in [0, 0.05) is 35.0 Å². The van der Waals surface area contributed by atoms with Crippen LogP contribution >= 0.6 is 11.6 Å². The lowest BCUT2D eigenvalue weighted by atomic mass is 9.98. The predicted molar refractivity (Wildman–Crippen MR) is 129 cm³/mol. The van der Waals surface area contributed by atoms with E-state index in [1.165, 1.54) is 0 Å². The number of nitrogens with one attached hydrogen (secondary N) is 1. The van der Waals surface area contributed by atoms with Crippen molar-refractivity contribution in [3.63, 3.8) is 0 Å². The molecule has 1 aromatic heterocycles. The summed E-state index contributed by atoms with van der Waals surface area (Å²) in [6.45, 7) is 0.227. The maximum absolute atomic E-state index is 12.5. The number of carbonyl (C=O) groups is 1. The molecule has 1 heterocycles. The van der Waals surface area contributed by atoms with Crippen molar-refractivity contribution in [2.45, 2.75) is 5.92 Å². The Morgan fingerprint density at radius 3 is 2.06 bits per heavy atom. The molecule has 2 aromatic carbocycles. The fourth-order valence-corrected chi connectivity index (χ4v) is 2.61. The smallest absolute Gasteiger partial charge is 0.261 e. The number of carbonyl (C=O) groups excluding carboxylic acids is 1. The number of rotatable bonds is 4. The summed E-state index contributed by atoms with van der Waals surface area (Å²) < 4.78 is 51.7. The molecule has 0 aliphatic heterocycles. The van der Waals surface area contributed by atoms with Crippen LogP contribution in [0.3, 0.4) is 0 Å². The highest BCUT2D eigenvalue weighted by molar-refractivity contribution is 7.85. The number of anilines is 1. The molecule has 0 fully saturated rings. The number of hydrogen-bond donors (Lipinski definition) is 4. The van der Waals surface area contributed by atoms with Crippen LogP contribution in [0.15, 0.2) is 60.9 Å². The quantitative estimate of drug-likeness (QED) is 0.378. The van der Waals surface area contributed by atoms with Crippen LogP contribution in [0.2, 0.25) is 5.02 Å². The van der Waals surface area contributed by atoms with E-state index < -0.39 is 26.2 Å². The Morgan fingerprint density at radius 2 is 1.55 bits per heavy atom. The van der Waals surface area contributed by atoms with Crippen molar-refractivity contribution in [1.29, 1.82) is 0 Å². The molecule has 33 heavy (non-hydrogen) atoms. The van der Waals surface area contributed by atoms with Crippen LogP contribution in [0.25, 0.3) is 10.8 Å². The lowest BCUT2D eigenvalue weighted by molar-refractivity contribution is -0.117. The second-order valence-electron chi connectivity index (χ2n) is 6.73. The Kier molecular flexibility index (Phi) is 10.8. The molecular formula is C20H24ClN3O7S2. The number of benzene rings is 2. The molecule has 180 valence electrons. The maximum atomic E-state index is 12.5. The number of pyridine rings is 1. The lowest BCUT2D eigenvalue weighted by Crippen LogP contribution is -2.27. The fraction of sp³-hybridized carbons (Fsp3) is 0.200. The zero-order valence-electron chi connectivity index (χ0n) is 17.7. The molecule has 3 rings (SSSR count). The van der Waals surface area contributed by atoms with Gasteiger partial charge in [0.2, 0.25) is 5.91 Å². The SMILES string of the molecule is CS(=O)(=O)O.CS(=O)(=O)O.NC[C@@H](C(=O)Nc1ccc2cnccc2c1)c1ccc(Cl)cc1. The fourth-order valence-electron chi connectivity index (χ4n) is 2.48. The van der Waals surface area contributed by atoms with Crippen LogP contribution in [0, 0.1) is 0 Å². The Morgan fingerprint density at radius 1 is 1.00 bits per heavy atom. The summed E-state index contributed by atoms with van der Waals surface area (Å²) in [4.78, 5) is 16.6. The average Bonchev–Trinajstić information content (AvgIpc) is 2.67. The van der Waals surface area contributed by atoms with E-state index in [2.05, 4.69) is 10.3 Å². The highest BCUT2D eigenvalue weighted by atomic mass is 35.5. The molecule has 13 heteroatoms. The van der Waals surface area contributed by atoms with Crippen LogP contribution < -0.4 is 11.1 Å². The van der Waals surface area contributed by atoms with Gasteiger partial charge in [-0.2, -0.15) is 16.8 Å². The largest absolute Gasteiger partial charge is 0.329 e. The monoisotopic (exact) mass is 517 g/mol. The summed E-state index contributed by atoms with van der Waals surface area (Å²) in [5, 5.41) is 5.61. The highest BCUT2D eigenvalue weighted by Gasteiger charge is 2.19. The van der Waals surface area contributed by atoms with E-state index >= 15 is 0 Å². The zero-order valence-corrected chi connectivity index (χ0v) is 20.1. The molecule has 5 N–H and O–H groups in total. The van der Waals surface area contributed by atoms with Crippen molar-refractivity contribution in [2.75, 3.05) is 24.4 Å². The van der Waals surface area contributed by atoms with Crippen molar-refractivity contribution in [2.24, 2.45) is 5.73 Å². The van der Waals surface area contributed by atoms with Gasteiger partial charge in [-0.15, -0.1) is 0 Å². The Labute approximate surface area is 197 Å². The first-order chi connectivity index (χ1) is 15.2. The topological polar surface area (TPSA) is 177 Å². The van der Waals surface area contributed by atoms with Crippen LogP contribution in [-0.2, 0) is 25.0 Å². The third-order valence-electron chi connectivity index (χ3n) is 3.73. The van der Waals surface area contributed by atoms with Crippen LogP contribution in [0.1, 0.15) is 11.5 Å². The van der Waals surface area contributed by atoms with Gasteiger partial charge in [-0.25, -0.2) is 0 Å². The van der Waals surface area contributed by atoms with Crippen molar-refractivity contribution in [1.82, 2.24) is 4.98 Å². The molecule has 0 unspecified atom stereocenters. The molecule has 0 aliphatic rings. The van der Waals surface area contributed by atoms with E-state index in [1.807, 2.05) is 36.4 Å².